The molecule has 5 heteroatoms. The van der Waals surface area contributed by atoms with Crippen LogP contribution in [-0.2, 0) is 14.4 Å². The molecule has 0 aromatic carbocycles. The van der Waals surface area contributed by atoms with E-state index in [1.807, 2.05) is 0 Å². The van der Waals surface area contributed by atoms with Gasteiger partial charge in [0.25, 0.3) is 0 Å². The molecule has 0 radical (unpaired) electrons. The van der Waals surface area contributed by atoms with E-state index >= 15 is 0 Å². The maximum absolute atomic E-state index is 12.8. The molecule has 0 aliphatic carbocycles. The van der Waals surface area contributed by atoms with Crippen LogP contribution in [-0.4, -0.2) is 33.3 Å². The minimum Gasteiger partial charge on any atom is -0.388 e. The number of ether oxygens (including phenoxy) is 1. The molecule has 2 N–H and O–H groups in total. The first-order valence-corrected chi connectivity index (χ1v) is 4.91. The Hall–Kier alpha value is -1.30. The Morgan fingerprint density at radius 2 is 2.06 bits per heavy atom. The molecule has 98 valence electrons. The lowest BCUT2D eigenvalue weighted by Crippen LogP contribution is -2.05. The van der Waals surface area contributed by atoms with Gasteiger partial charge in [-0.3, -0.25) is 9.63 Å². The number of hydrogen-bond donors (Lipinski definition) is 1. The normalized spacial score (nSPS) is 13.5. The molecule has 0 spiro atoms. The molecule has 0 bridgehead atoms. The van der Waals surface area contributed by atoms with Gasteiger partial charge >= 0.3 is 0 Å². The van der Waals surface area contributed by atoms with Crippen LogP contribution in [0.3, 0.4) is 0 Å². The van der Waals surface area contributed by atoms with Crippen LogP contribution in [0.4, 0.5) is 4.39 Å². The van der Waals surface area contributed by atoms with Crippen molar-refractivity contribution in [2.45, 2.75) is 13.1 Å². The summed E-state index contributed by atoms with van der Waals surface area (Å²) >= 11 is 0. The van der Waals surface area contributed by atoms with E-state index in [9.17, 15) is 9.18 Å². The van der Waals surface area contributed by atoms with Crippen LogP contribution in [0, 0.1) is 0 Å². The Kier molecular flexibility index (Phi) is 13.6. The summed E-state index contributed by atoms with van der Waals surface area (Å²) in [6.07, 6.45) is 3.66. The van der Waals surface area contributed by atoms with Crippen molar-refractivity contribution in [1.82, 2.24) is 0 Å². The molecule has 4 nitrogen and oxygen atoms in total. The fourth-order valence-corrected chi connectivity index (χ4v) is 0.842. The predicted molar refractivity (Wildman–Crippen MR) is 66.1 cm³/mol. The molecule has 1 unspecified atom stereocenters. The van der Waals surface area contributed by atoms with Crippen molar-refractivity contribution in [3.8, 4) is 0 Å². The Labute approximate surface area is 102 Å². The number of halogens is 1. The van der Waals surface area contributed by atoms with E-state index in [2.05, 4.69) is 16.2 Å². The number of aldehydes is 1. The molecule has 0 saturated heterocycles. The fraction of sp³-hybridized carbons (Fsp3) is 0.417. The summed E-state index contributed by atoms with van der Waals surface area (Å²) in [6.45, 7) is 4.87. The van der Waals surface area contributed by atoms with Gasteiger partial charge in [0.15, 0.2) is 0 Å². The molecular formula is C12H20FNO3. The van der Waals surface area contributed by atoms with Crippen molar-refractivity contribution in [2.75, 3.05) is 20.8 Å². The topological polar surface area (TPSA) is 61.5 Å². The highest BCUT2D eigenvalue weighted by Crippen LogP contribution is 2.08. The molecular weight excluding hydrogens is 225 g/mol. The van der Waals surface area contributed by atoms with Gasteiger partial charge in [-0.1, -0.05) is 18.7 Å². The SMILES string of the molecule is C=C/C=C(\C=C(\C=O)C(C)F)CON.COC. The molecule has 0 aliphatic rings. The van der Waals surface area contributed by atoms with Crippen molar-refractivity contribution >= 4 is 6.29 Å². The first kappa shape index (κ1) is 18.1. The molecule has 0 rings (SSSR count). The zero-order valence-corrected chi connectivity index (χ0v) is 10.5. The number of methoxy groups -OCH3 is 1. The lowest BCUT2D eigenvalue weighted by molar-refractivity contribution is -0.105. The lowest BCUT2D eigenvalue weighted by Gasteiger charge is -2.03. The standard InChI is InChI=1S/C10H14FNO2.C2H6O/c1-3-4-9(7-14-12)5-10(6-13)8(2)11;1-3-2/h3-6,8H,1,7,12H2,2H3;1-2H3/b9-4+,10-5-;. The zero-order chi connectivity index (χ0) is 13.7. The van der Waals surface area contributed by atoms with Crippen molar-refractivity contribution in [2.24, 2.45) is 5.90 Å². The highest BCUT2D eigenvalue weighted by molar-refractivity contribution is 5.75. The quantitative estimate of drug-likeness (QED) is 0.335. The third-order valence-corrected chi connectivity index (χ3v) is 1.53. The number of carbonyl (C=O) groups excluding carboxylic acids is 1. The first-order chi connectivity index (χ1) is 8.06. The summed E-state index contributed by atoms with van der Waals surface area (Å²) in [7, 11) is 3.25. The van der Waals surface area contributed by atoms with E-state index in [1.54, 1.807) is 20.3 Å². The Balaban J connectivity index is 0. The summed E-state index contributed by atoms with van der Waals surface area (Å²) in [4.78, 5) is 14.8. The number of rotatable bonds is 6. The smallest absolute Gasteiger partial charge is 0.148 e. The van der Waals surface area contributed by atoms with Gasteiger partial charge < -0.3 is 4.74 Å². The van der Waals surface area contributed by atoms with Crippen LogP contribution < -0.4 is 5.90 Å². The molecule has 0 fully saturated rings. The van der Waals surface area contributed by atoms with Crippen LogP contribution in [0.2, 0.25) is 0 Å². The average Bonchev–Trinajstić information content (AvgIpc) is 2.27. The van der Waals surface area contributed by atoms with Gasteiger partial charge in [-0.05, 0) is 18.6 Å². The number of hydrogen-bond acceptors (Lipinski definition) is 4. The van der Waals surface area contributed by atoms with Crippen LogP contribution in [0.15, 0.2) is 36.0 Å². The minimum atomic E-state index is -1.31. The van der Waals surface area contributed by atoms with E-state index in [0.29, 0.717) is 11.9 Å². The van der Waals surface area contributed by atoms with Crippen LogP contribution in [0.25, 0.3) is 0 Å². The minimum absolute atomic E-state index is 0.0511. The Bertz CT molecular complexity index is 273. The number of nitrogens with two attached hydrogens (primary N) is 1. The first-order valence-electron chi connectivity index (χ1n) is 4.91. The molecule has 17 heavy (non-hydrogen) atoms. The van der Waals surface area contributed by atoms with E-state index in [1.165, 1.54) is 19.1 Å². The van der Waals surface area contributed by atoms with E-state index in [4.69, 9.17) is 5.90 Å². The Morgan fingerprint density at radius 1 is 1.53 bits per heavy atom. The molecule has 0 aromatic rings. The van der Waals surface area contributed by atoms with E-state index in [0.717, 1.165) is 0 Å². The van der Waals surface area contributed by atoms with Crippen LogP contribution in [0.1, 0.15) is 6.92 Å². The second-order valence-corrected chi connectivity index (χ2v) is 3.07. The van der Waals surface area contributed by atoms with E-state index < -0.39 is 6.17 Å². The molecule has 0 heterocycles. The molecule has 0 amide bonds. The van der Waals surface area contributed by atoms with Gasteiger partial charge in [0.05, 0.1) is 6.61 Å². The van der Waals surface area contributed by atoms with Gasteiger partial charge in [0.2, 0.25) is 0 Å². The third-order valence-electron chi connectivity index (χ3n) is 1.53. The summed E-state index contributed by atoms with van der Waals surface area (Å²) in [5, 5.41) is 0. The summed E-state index contributed by atoms with van der Waals surface area (Å²) in [5.41, 5.74) is 0.643. The number of alkyl halides is 1. The van der Waals surface area contributed by atoms with Crippen molar-refractivity contribution in [3.05, 3.63) is 36.0 Å². The second kappa shape index (κ2) is 12.8. The number of carbonyl (C=O) groups is 1. The van der Waals surface area contributed by atoms with Gasteiger partial charge in [0, 0.05) is 19.8 Å². The van der Waals surface area contributed by atoms with E-state index in [-0.39, 0.29) is 12.2 Å². The average molecular weight is 245 g/mol. The molecule has 1 atom stereocenters. The highest BCUT2D eigenvalue weighted by Gasteiger charge is 2.06. The maximum atomic E-state index is 12.8. The van der Waals surface area contributed by atoms with Crippen molar-refractivity contribution in [1.29, 1.82) is 0 Å². The summed E-state index contributed by atoms with van der Waals surface area (Å²) in [5.74, 6) is 4.87. The van der Waals surface area contributed by atoms with Crippen molar-refractivity contribution in [3.63, 3.8) is 0 Å². The highest BCUT2D eigenvalue weighted by atomic mass is 19.1. The summed E-state index contributed by atoms with van der Waals surface area (Å²) < 4.78 is 17.0. The largest absolute Gasteiger partial charge is 0.388 e. The summed E-state index contributed by atoms with van der Waals surface area (Å²) in [6, 6.07) is 0. The third kappa shape index (κ3) is 11.0. The molecule has 0 aromatic heterocycles. The monoisotopic (exact) mass is 245 g/mol. The molecule has 0 aliphatic heterocycles. The predicted octanol–water partition coefficient (Wildman–Crippen LogP) is 1.73. The lowest BCUT2D eigenvalue weighted by atomic mass is 10.1. The zero-order valence-electron chi connectivity index (χ0n) is 10.5. The van der Waals surface area contributed by atoms with Gasteiger partial charge in [-0.2, -0.15) is 0 Å². The van der Waals surface area contributed by atoms with Crippen molar-refractivity contribution < 1.29 is 18.8 Å². The van der Waals surface area contributed by atoms with Gasteiger partial charge in [-0.15, -0.1) is 0 Å². The van der Waals surface area contributed by atoms with Crippen LogP contribution >= 0.6 is 0 Å². The van der Waals surface area contributed by atoms with Gasteiger partial charge in [-0.25, -0.2) is 10.3 Å². The van der Waals surface area contributed by atoms with Gasteiger partial charge in [0.1, 0.15) is 12.5 Å². The van der Waals surface area contributed by atoms with Crippen LogP contribution in [0.5, 0.6) is 0 Å². The fourth-order valence-electron chi connectivity index (χ4n) is 0.842. The second-order valence-electron chi connectivity index (χ2n) is 3.07. The number of allylic oxidation sites excluding steroid dienone is 3. The maximum Gasteiger partial charge on any atom is 0.148 e. The molecule has 0 saturated carbocycles. The Morgan fingerprint density at radius 3 is 2.35 bits per heavy atom.